The fourth-order valence-corrected chi connectivity index (χ4v) is 2.91. The molecule has 7 heteroatoms. The maximum Gasteiger partial charge on any atom is 0.303 e. The quantitative estimate of drug-likeness (QED) is 0.565. The van der Waals surface area contributed by atoms with Crippen molar-refractivity contribution in [1.29, 1.82) is 0 Å². The first kappa shape index (κ1) is 19.9. The second-order valence-corrected chi connectivity index (χ2v) is 6.41. The average Bonchev–Trinajstić information content (AvgIpc) is 2.60. The Morgan fingerprint density at radius 1 is 1.12 bits per heavy atom. The second kappa shape index (κ2) is 8.80. The van der Waals surface area contributed by atoms with Crippen molar-refractivity contribution in [3.63, 3.8) is 0 Å². The Hall–Kier alpha value is -2.41. The Balaban J connectivity index is 2.21. The van der Waals surface area contributed by atoms with Crippen molar-refractivity contribution in [3.05, 3.63) is 29.8 Å². The van der Waals surface area contributed by atoms with Gasteiger partial charge in [-0.3, -0.25) is 14.4 Å². The summed E-state index contributed by atoms with van der Waals surface area (Å²) in [6.45, 7) is 6.40. The van der Waals surface area contributed by atoms with Gasteiger partial charge in [0.25, 0.3) is 0 Å². The molecule has 1 aromatic rings. The van der Waals surface area contributed by atoms with E-state index in [2.05, 4.69) is 0 Å². The summed E-state index contributed by atoms with van der Waals surface area (Å²) < 4.78 is 22.3. The summed E-state index contributed by atoms with van der Waals surface area (Å²) in [6, 6.07) is 6.84. The standard InChI is InChI=1S/C19H24O7/c1-11-12(2)19(25-16-8-6-5-7-15(16)9-20)26-17(10-23-13(3)21)18(11)24-14(4)22/h5-9,11-12,17-19H,10H2,1-4H3/t11-,12-,17-,18-,19-/m1/s1. The molecule has 1 aliphatic rings. The zero-order valence-corrected chi connectivity index (χ0v) is 15.3. The fourth-order valence-electron chi connectivity index (χ4n) is 2.91. The predicted octanol–water partition coefficient (Wildman–Crippen LogP) is 2.37. The van der Waals surface area contributed by atoms with Crippen LogP contribution in [-0.4, -0.2) is 43.3 Å². The molecule has 2 rings (SSSR count). The number of rotatable bonds is 6. The van der Waals surface area contributed by atoms with E-state index in [4.69, 9.17) is 18.9 Å². The van der Waals surface area contributed by atoms with Crippen molar-refractivity contribution in [3.8, 4) is 5.75 Å². The van der Waals surface area contributed by atoms with Crippen LogP contribution >= 0.6 is 0 Å². The molecule has 0 bridgehead atoms. The molecule has 1 saturated heterocycles. The summed E-state index contributed by atoms with van der Waals surface area (Å²) in [5.74, 6) is -0.723. The maximum absolute atomic E-state index is 11.4. The van der Waals surface area contributed by atoms with Gasteiger partial charge in [0.05, 0.1) is 5.56 Å². The van der Waals surface area contributed by atoms with Gasteiger partial charge in [0.15, 0.2) is 6.29 Å². The fraction of sp³-hybridized carbons (Fsp3) is 0.526. The molecule has 0 saturated carbocycles. The Morgan fingerprint density at radius 3 is 2.42 bits per heavy atom. The van der Waals surface area contributed by atoms with Crippen molar-refractivity contribution in [2.75, 3.05) is 6.61 Å². The monoisotopic (exact) mass is 364 g/mol. The molecule has 26 heavy (non-hydrogen) atoms. The number of hydrogen-bond donors (Lipinski definition) is 0. The highest BCUT2D eigenvalue weighted by Crippen LogP contribution is 2.34. The lowest BCUT2D eigenvalue weighted by Crippen LogP contribution is -2.54. The first-order chi connectivity index (χ1) is 12.3. The topological polar surface area (TPSA) is 88.1 Å². The molecule has 142 valence electrons. The molecule has 5 atom stereocenters. The molecule has 0 unspecified atom stereocenters. The summed E-state index contributed by atoms with van der Waals surface area (Å²) in [5.41, 5.74) is 0.412. The van der Waals surface area contributed by atoms with E-state index in [1.807, 2.05) is 13.8 Å². The minimum atomic E-state index is -0.682. The summed E-state index contributed by atoms with van der Waals surface area (Å²) in [5, 5.41) is 0. The van der Waals surface area contributed by atoms with E-state index in [0.717, 1.165) is 0 Å². The number of benzene rings is 1. The number of para-hydroxylation sites is 1. The number of ether oxygens (including phenoxy) is 4. The van der Waals surface area contributed by atoms with Crippen LogP contribution in [0.2, 0.25) is 0 Å². The Morgan fingerprint density at radius 2 is 1.81 bits per heavy atom. The lowest BCUT2D eigenvalue weighted by atomic mass is 9.84. The predicted molar refractivity (Wildman–Crippen MR) is 91.6 cm³/mol. The number of esters is 2. The van der Waals surface area contributed by atoms with Crippen LogP contribution in [0.15, 0.2) is 24.3 Å². The van der Waals surface area contributed by atoms with Gasteiger partial charge >= 0.3 is 11.9 Å². The third kappa shape index (κ3) is 4.82. The lowest BCUT2D eigenvalue weighted by molar-refractivity contribution is -0.248. The van der Waals surface area contributed by atoms with Crippen LogP contribution in [0.5, 0.6) is 5.75 Å². The van der Waals surface area contributed by atoms with Crippen molar-refractivity contribution < 1.29 is 33.3 Å². The molecular formula is C19H24O7. The van der Waals surface area contributed by atoms with Crippen LogP contribution in [0.25, 0.3) is 0 Å². The van der Waals surface area contributed by atoms with Crippen LogP contribution in [0.1, 0.15) is 38.1 Å². The molecular weight excluding hydrogens is 340 g/mol. The summed E-state index contributed by atoms with van der Waals surface area (Å²) in [7, 11) is 0. The van der Waals surface area contributed by atoms with Crippen molar-refractivity contribution in [1.82, 2.24) is 0 Å². The normalized spacial score (nSPS) is 28.1. The second-order valence-electron chi connectivity index (χ2n) is 6.41. The van der Waals surface area contributed by atoms with Gasteiger partial charge in [-0.25, -0.2) is 0 Å². The molecule has 0 aromatic heterocycles. The number of carbonyl (C=O) groups excluding carboxylic acids is 3. The molecule has 0 N–H and O–H groups in total. The smallest absolute Gasteiger partial charge is 0.303 e. The Labute approximate surface area is 152 Å². The largest absolute Gasteiger partial charge is 0.464 e. The summed E-state index contributed by atoms with van der Waals surface area (Å²) in [6.07, 6.45) is -1.20. The molecule has 0 amide bonds. The molecule has 0 aliphatic carbocycles. The third-order valence-electron chi connectivity index (χ3n) is 4.49. The van der Waals surface area contributed by atoms with E-state index in [-0.39, 0.29) is 18.4 Å². The van der Waals surface area contributed by atoms with Gasteiger partial charge in [-0.2, -0.15) is 0 Å². The maximum atomic E-state index is 11.4. The highest BCUT2D eigenvalue weighted by atomic mass is 16.7. The molecule has 7 nitrogen and oxygen atoms in total. The minimum Gasteiger partial charge on any atom is -0.464 e. The van der Waals surface area contributed by atoms with Crippen molar-refractivity contribution in [2.24, 2.45) is 11.8 Å². The highest BCUT2D eigenvalue weighted by molar-refractivity contribution is 5.79. The summed E-state index contributed by atoms with van der Waals surface area (Å²) >= 11 is 0. The van der Waals surface area contributed by atoms with Gasteiger partial charge in [0.2, 0.25) is 6.29 Å². The number of hydrogen-bond acceptors (Lipinski definition) is 7. The Bertz CT molecular complexity index is 657. The van der Waals surface area contributed by atoms with Crippen molar-refractivity contribution >= 4 is 18.2 Å². The molecule has 1 aliphatic heterocycles. The third-order valence-corrected chi connectivity index (χ3v) is 4.49. The minimum absolute atomic E-state index is 0.0560. The lowest BCUT2D eigenvalue weighted by Gasteiger charge is -2.43. The van der Waals surface area contributed by atoms with Crippen LogP contribution in [0, 0.1) is 11.8 Å². The van der Waals surface area contributed by atoms with E-state index in [1.165, 1.54) is 13.8 Å². The highest BCUT2D eigenvalue weighted by Gasteiger charge is 2.45. The van der Waals surface area contributed by atoms with Crippen LogP contribution in [-0.2, 0) is 23.8 Å². The van der Waals surface area contributed by atoms with E-state index in [9.17, 15) is 14.4 Å². The number of carbonyl (C=O) groups is 3. The van der Waals surface area contributed by atoms with Crippen LogP contribution in [0.3, 0.4) is 0 Å². The molecule has 1 fully saturated rings. The van der Waals surface area contributed by atoms with Gasteiger partial charge in [-0.05, 0) is 12.1 Å². The average molecular weight is 364 g/mol. The number of aldehydes is 1. The van der Waals surface area contributed by atoms with Gasteiger partial charge < -0.3 is 18.9 Å². The van der Waals surface area contributed by atoms with E-state index in [1.54, 1.807) is 24.3 Å². The van der Waals surface area contributed by atoms with Crippen molar-refractivity contribution in [2.45, 2.75) is 46.2 Å². The molecule has 1 heterocycles. The van der Waals surface area contributed by atoms with Gasteiger partial charge in [-0.15, -0.1) is 0 Å². The molecule has 0 radical (unpaired) electrons. The first-order valence-electron chi connectivity index (χ1n) is 8.50. The van der Waals surface area contributed by atoms with Gasteiger partial charge in [-0.1, -0.05) is 26.0 Å². The van der Waals surface area contributed by atoms with E-state index in [0.29, 0.717) is 17.6 Å². The van der Waals surface area contributed by atoms with E-state index >= 15 is 0 Å². The zero-order chi connectivity index (χ0) is 19.3. The van der Waals surface area contributed by atoms with E-state index < -0.39 is 30.4 Å². The van der Waals surface area contributed by atoms with Gasteiger partial charge in [0, 0.05) is 25.7 Å². The van der Waals surface area contributed by atoms with Gasteiger partial charge in [0.1, 0.15) is 24.6 Å². The SMILES string of the molecule is CC(=O)OC[C@H]1O[C@@H](Oc2ccccc2C=O)[C@H](C)[C@@H](C)[C@H]1OC(C)=O. The Kier molecular flexibility index (Phi) is 6.74. The summed E-state index contributed by atoms with van der Waals surface area (Å²) in [4.78, 5) is 33.8. The first-order valence-corrected chi connectivity index (χ1v) is 8.50. The van der Waals surface area contributed by atoms with Crippen LogP contribution < -0.4 is 4.74 Å². The zero-order valence-electron chi connectivity index (χ0n) is 15.3. The molecule has 1 aromatic carbocycles. The molecule has 0 spiro atoms. The van der Waals surface area contributed by atoms with Crippen LogP contribution in [0.4, 0.5) is 0 Å².